The summed E-state index contributed by atoms with van der Waals surface area (Å²) in [5.41, 5.74) is 2.63. The van der Waals surface area contributed by atoms with E-state index < -0.39 is 0 Å². The molecule has 0 saturated carbocycles. The molecule has 0 bridgehead atoms. The lowest BCUT2D eigenvalue weighted by molar-refractivity contribution is -0.123. The number of amides is 1. The average Bonchev–Trinajstić information content (AvgIpc) is 2.85. The van der Waals surface area contributed by atoms with E-state index in [1.165, 1.54) is 0 Å². The van der Waals surface area contributed by atoms with Crippen molar-refractivity contribution >= 4 is 11.6 Å². The van der Waals surface area contributed by atoms with Crippen molar-refractivity contribution in [3.63, 3.8) is 0 Å². The number of oxime groups is 1. The highest BCUT2D eigenvalue weighted by molar-refractivity contribution is 5.99. The van der Waals surface area contributed by atoms with E-state index in [1.807, 2.05) is 37.3 Å². The molecule has 1 amide bonds. The summed E-state index contributed by atoms with van der Waals surface area (Å²) in [4.78, 5) is 21.8. The molecule has 1 aromatic carbocycles. The Labute approximate surface area is 188 Å². The zero-order chi connectivity index (χ0) is 22.6. The zero-order valence-electron chi connectivity index (χ0n) is 18.7. The molecule has 1 N–H and O–H groups in total. The third-order valence-electron chi connectivity index (χ3n) is 5.25. The van der Waals surface area contributed by atoms with Crippen molar-refractivity contribution in [1.82, 2.24) is 10.3 Å². The number of nitrogens with zero attached hydrogens (tertiary/aromatic N) is 2. The highest BCUT2D eigenvalue weighted by Crippen LogP contribution is 2.15. The van der Waals surface area contributed by atoms with E-state index in [0.717, 1.165) is 48.6 Å². The maximum atomic E-state index is 12.0. The van der Waals surface area contributed by atoms with Crippen molar-refractivity contribution in [2.75, 3.05) is 33.5 Å². The fourth-order valence-electron chi connectivity index (χ4n) is 3.26. The first-order valence-corrected chi connectivity index (χ1v) is 10.9. The van der Waals surface area contributed by atoms with Crippen LogP contribution < -0.4 is 14.8 Å². The fraction of sp³-hybridized carbons (Fsp3) is 0.458. The molecule has 0 radical (unpaired) electrons. The Kier molecular flexibility index (Phi) is 9.31. The van der Waals surface area contributed by atoms with Crippen molar-refractivity contribution in [2.24, 2.45) is 11.1 Å². The van der Waals surface area contributed by atoms with Gasteiger partial charge in [-0.15, -0.1) is 0 Å². The first-order chi connectivity index (χ1) is 15.7. The molecule has 0 unspecified atom stereocenters. The number of rotatable bonds is 11. The molecule has 172 valence electrons. The van der Waals surface area contributed by atoms with Crippen LogP contribution in [0.5, 0.6) is 11.6 Å². The fourth-order valence-corrected chi connectivity index (χ4v) is 3.26. The van der Waals surface area contributed by atoms with Crippen molar-refractivity contribution in [1.29, 1.82) is 0 Å². The number of benzene rings is 1. The van der Waals surface area contributed by atoms with Gasteiger partial charge < -0.3 is 24.4 Å². The van der Waals surface area contributed by atoms with Gasteiger partial charge in [-0.1, -0.05) is 24.2 Å². The number of aromatic nitrogens is 1. The summed E-state index contributed by atoms with van der Waals surface area (Å²) in [5.74, 6) is 1.52. The summed E-state index contributed by atoms with van der Waals surface area (Å²) in [6, 6.07) is 11.2. The van der Waals surface area contributed by atoms with Crippen LogP contribution in [-0.4, -0.2) is 50.1 Å². The lowest BCUT2D eigenvalue weighted by Crippen LogP contribution is -2.35. The number of hydrogen-bond acceptors (Lipinski definition) is 7. The Balaban J connectivity index is 1.43. The van der Waals surface area contributed by atoms with E-state index in [0.29, 0.717) is 31.4 Å². The minimum Gasteiger partial charge on any atom is -0.497 e. The summed E-state index contributed by atoms with van der Waals surface area (Å²) in [6.45, 7) is 4.50. The molecule has 1 aliphatic heterocycles. The van der Waals surface area contributed by atoms with Gasteiger partial charge in [0, 0.05) is 37.6 Å². The van der Waals surface area contributed by atoms with Gasteiger partial charge in [-0.3, -0.25) is 4.79 Å². The second kappa shape index (κ2) is 12.7. The van der Waals surface area contributed by atoms with Gasteiger partial charge in [-0.25, -0.2) is 4.98 Å². The molecule has 8 nitrogen and oxygen atoms in total. The van der Waals surface area contributed by atoms with E-state index in [2.05, 4.69) is 15.5 Å². The third-order valence-corrected chi connectivity index (χ3v) is 5.25. The highest BCUT2D eigenvalue weighted by Gasteiger charge is 2.15. The predicted octanol–water partition coefficient (Wildman–Crippen LogP) is 3.34. The Hall–Kier alpha value is -3.13. The van der Waals surface area contributed by atoms with E-state index >= 15 is 0 Å². The van der Waals surface area contributed by atoms with Gasteiger partial charge in [0.25, 0.3) is 5.91 Å². The van der Waals surface area contributed by atoms with Crippen LogP contribution >= 0.6 is 0 Å². The molecule has 0 spiro atoms. The largest absolute Gasteiger partial charge is 0.497 e. The summed E-state index contributed by atoms with van der Waals surface area (Å²) in [7, 11) is 1.64. The van der Waals surface area contributed by atoms with Crippen molar-refractivity contribution in [2.45, 2.75) is 32.8 Å². The minimum absolute atomic E-state index is 0.0603. The summed E-state index contributed by atoms with van der Waals surface area (Å²) in [6.07, 6.45) is 4.33. The molecule has 1 aliphatic rings. The quantitative estimate of drug-likeness (QED) is 0.425. The van der Waals surface area contributed by atoms with E-state index in [9.17, 15) is 4.79 Å². The van der Waals surface area contributed by atoms with Crippen molar-refractivity contribution in [3.05, 3.63) is 53.7 Å². The maximum Gasteiger partial charge on any atom is 0.258 e. The Morgan fingerprint density at radius 1 is 1.19 bits per heavy atom. The van der Waals surface area contributed by atoms with Gasteiger partial charge in [0.1, 0.15) is 12.4 Å². The van der Waals surface area contributed by atoms with Crippen LogP contribution in [0.1, 0.15) is 37.3 Å². The smallest absolute Gasteiger partial charge is 0.258 e. The number of ether oxygens (including phenoxy) is 3. The molecule has 0 aliphatic carbocycles. The molecule has 0 atom stereocenters. The van der Waals surface area contributed by atoms with Crippen LogP contribution in [0, 0.1) is 5.92 Å². The highest BCUT2D eigenvalue weighted by atomic mass is 16.6. The third kappa shape index (κ3) is 7.53. The molecule has 32 heavy (non-hydrogen) atoms. The SMILES string of the molecule is CC/C(=N\OCc1ccc(OC)cc1)c1ccc(OCC(=O)NCC2CCOCC2)nc1. The summed E-state index contributed by atoms with van der Waals surface area (Å²) >= 11 is 0. The van der Waals surface area contributed by atoms with Crippen LogP contribution in [0.3, 0.4) is 0 Å². The molecule has 1 saturated heterocycles. The second-order valence-electron chi connectivity index (χ2n) is 7.55. The Morgan fingerprint density at radius 3 is 2.62 bits per heavy atom. The minimum atomic E-state index is -0.148. The number of carbonyl (C=O) groups is 1. The molecule has 3 rings (SSSR count). The molecule has 2 aromatic rings. The topological polar surface area (TPSA) is 91.3 Å². The van der Waals surface area contributed by atoms with E-state index in [-0.39, 0.29) is 12.5 Å². The second-order valence-corrected chi connectivity index (χ2v) is 7.55. The first-order valence-electron chi connectivity index (χ1n) is 10.9. The maximum absolute atomic E-state index is 12.0. The van der Waals surface area contributed by atoms with Gasteiger partial charge in [0.2, 0.25) is 5.88 Å². The van der Waals surface area contributed by atoms with Gasteiger partial charge in [-0.05, 0) is 48.9 Å². The van der Waals surface area contributed by atoms with Crippen LogP contribution in [0.2, 0.25) is 0 Å². The lowest BCUT2D eigenvalue weighted by atomic mass is 10.0. The Bertz CT molecular complexity index is 862. The van der Waals surface area contributed by atoms with Crippen molar-refractivity contribution < 1.29 is 23.8 Å². The van der Waals surface area contributed by atoms with Gasteiger partial charge in [-0.2, -0.15) is 0 Å². The van der Waals surface area contributed by atoms with Gasteiger partial charge in [0.15, 0.2) is 6.61 Å². The number of hydrogen-bond donors (Lipinski definition) is 1. The van der Waals surface area contributed by atoms with Gasteiger partial charge >= 0.3 is 0 Å². The van der Waals surface area contributed by atoms with Crippen LogP contribution in [0.4, 0.5) is 0 Å². The van der Waals surface area contributed by atoms with Crippen LogP contribution in [0.15, 0.2) is 47.8 Å². The number of carbonyl (C=O) groups excluding carboxylic acids is 1. The lowest BCUT2D eigenvalue weighted by Gasteiger charge is -2.22. The molecule has 2 heterocycles. The van der Waals surface area contributed by atoms with Crippen LogP contribution in [0.25, 0.3) is 0 Å². The predicted molar refractivity (Wildman–Crippen MR) is 121 cm³/mol. The Morgan fingerprint density at radius 2 is 1.97 bits per heavy atom. The summed E-state index contributed by atoms with van der Waals surface area (Å²) in [5, 5.41) is 7.17. The first kappa shape index (κ1) is 23.5. The number of nitrogens with one attached hydrogen (secondary N) is 1. The molecule has 8 heteroatoms. The molecule has 1 fully saturated rings. The normalized spacial score (nSPS) is 14.6. The zero-order valence-corrected chi connectivity index (χ0v) is 18.7. The van der Waals surface area contributed by atoms with Crippen LogP contribution in [-0.2, 0) is 21.0 Å². The van der Waals surface area contributed by atoms with Gasteiger partial charge in [0.05, 0.1) is 12.8 Å². The van der Waals surface area contributed by atoms with E-state index in [4.69, 9.17) is 19.0 Å². The molecule has 1 aromatic heterocycles. The summed E-state index contributed by atoms with van der Waals surface area (Å²) < 4.78 is 16.0. The van der Waals surface area contributed by atoms with E-state index in [1.54, 1.807) is 19.4 Å². The molecular formula is C24H31N3O5. The average molecular weight is 442 g/mol. The standard InChI is InChI=1S/C24H31N3O5/c1-3-22(27-32-16-19-4-7-21(29-2)8-5-19)20-6-9-24(26-15-20)31-17-23(28)25-14-18-10-12-30-13-11-18/h4-9,15,18H,3,10-14,16-17H2,1-2H3,(H,25,28)/b27-22+. The monoisotopic (exact) mass is 441 g/mol. The van der Waals surface area contributed by atoms with Crippen molar-refractivity contribution in [3.8, 4) is 11.6 Å². The molecular weight excluding hydrogens is 410 g/mol. The number of pyridine rings is 1. The number of methoxy groups -OCH3 is 1.